The first-order chi connectivity index (χ1) is 9.60. The number of carboxylic acids is 1. The van der Waals surface area contributed by atoms with Crippen LogP contribution < -0.4 is 5.32 Å². The summed E-state index contributed by atoms with van der Waals surface area (Å²) < 4.78 is 1.78. The molecule has 2 rings (SSSR count). The van der Waals surface area contributed by atoms with E-state index in [0.29, 0.717) is 0 Å². The summed E-state index contributed by atoms with van der Waals surface area (Å²) in [4.78, 5) is 26.6. The molecule has 6 nitrogen and oxygen atoms in total. The first-order valence-corrected chi connectivity index (χ1v) is 7.51. The highest BCUT2D eigenvalue weighted by molar-refractivity contribution is 8.01. The van der Waals surface area contributed by atoms with Gasteiger partial charge in [-0.25, -0.2) is 9.78 Å². The Morgan fingerprint density at radius 1 is 1.40 bits per heavy atom. The number of aliphatic hydroxyl groups is 1. The van der Waals surface area contributed by atoms with Crippen molar-refractivity contribution in [2.45, 2.75) is 10.4 Å². The molecule has 1 aromatic heterocycles. The predicted octanol–water partition coefficient (Wildman–Crippen LogP) is 0.950. The normalized spacial score (nSPS) is 12.2. The zero-order valence-corrected chi connectivity index (χ0v) is 11.9. The van der Waals surface area contributed by atoms with E-state index in [1.807, 2.05) is 24.3 Å². The molecule has 0 saturated heterocycles. The topological polar surface area (TPSA) is 99.5 Å². The first kappa shape index (κ1) is 14.8. The van der Waals surface area contributed by atoms with E-state index >= 15 is 0 Å². The molecule has 1 heterocycles. The third kappa shape index (κ3) is 3.69. The Bertz CT molecular complexity index is 596. The summed E-state index contributed by atoms with van der Waals surface area (Å²) in [5, 5.41) is 19.8. The van der Waals surface area contributed by atoms with E-state index in [2.05, 4.69) is 10.3 Å². The van der Waals surface area contributed by atoms with E-state index in [4.69, 9.17) is 10.2 Å². The molecule has 0 spiro atoms. The molecule has 0 saturated carbocycles. The first-order valence-electron chi connectivity index (χ1n) is 5.71. The Morgan fingerprint density at radius 3 is 2.80 bits per heavy atom. The quantitative estimate of drug-likeness (QED) is 0.687. The van der Waals surface area contributed by atoms with Crippen LogP contribution in [0.3, 0.4) is 0 Å². The Labute approximate surface area is 122 Å². The molecule has 3 N–H and O–H groups in total. The highest BCUT2D eigenvalue weighted by Gasteiger charge is 2.18. The molecule has 0 aliphatic rings. The number of nitrogens with zero attached hydrogens (tertiary/aromatic N) is 1. The molecule has 0 radical (unpaired) electrons. The van der Waals surface area contributed by atoms with Gasteiger partial charge in [-0.2, -0.15) is 0 Å². The number of benzene rings is 1. The van der Waals surface area contributed by atoms with Crippen LogP contribution in [0.15, 0.2) is 28.6 Å². The Balaban J connectivity index is 1.91. The molecule has 1 amide bonds. The molecule has 0 aliphatic heterocycles. The number of hydrogen-bond acceptors (Lipinski definition) is 6. The Morgan fingerprint density at radius 2 is 2.15 bits per heavy atom. The highest BCUT2D eigenvalue weighted by Crippen LogP contribution is 2.28. The van der Waals surface area contributed by atoms with Gasteiger partial charge in [-0.1, -0.05) is 23.9 Å². The van der Waals surface area contributed by atoms with Gasteiger partial charge in [-0.05, 0) is 12.1 Å². The minimum Gasteiger partial charge on any atom is -0.480 e. The van der Waals surface area contributed by atoms with Crippen molar-refractivity contribution < 1.29 is 19.8 Å². The standard InChI is InChI=1S/C12H12N2O4S2/c15-5-8(11(17)18)13-10(16)6-19-12-14-7-3-1-2-4-9(7)20-12/h1-4,8,15H,5-6H2,(H,13,16)(H,17,18)/t8-/m1/s1. The predicted molar refractivity (Wildman–Crippen MR) is 77.0 cm³/mol. The van der Waals surface area contributed by atoms with Crippen molar-refractivity contribution >= 4 is 45.2 Å². The number of carboxylic acid groups (broad SMARTS) is 1. The summed E-state index contributed by atoms with van der Waals surface area (Å²) in [6.07, 6.45) is 0. The number of rotatable bonds is 6. The lowest BCUT2D eigenvalue weighted by molar-refractivity contribution is -0.142. The number of thiazole rings is 1. The highest BCUT2D eigenvalue weighted by atomic mass is 32.2. The second kappa shape index (κ2) is 6.69. The van der Waals surface area contributed by atoms with Crippen molar-refractivity contribution in [1.82, 2.24) is 10.3 Å². The average Bonchev–Trinajstić information content (AvgIpc) is 2.85. The molecule has 1 aromatic carbocycles. The average molecular weight is 312 g/mol. The van der Waals surface area contributed by atoms with Crippen LogP contribution in [-0.2, 0) is 9.59 Å². The third-order valence-corrected chi connectivity index (χ3v) is 4.60. The summed E-state index contributed by atoms with van der Waals surface area (Å²) in [6, 6.07) is 6.38. The molecule has 1 atom stereocenters. The molecular weight excluding hydrogens is 300 g/mol. The number of carbonyl (C=O) groups is 2. The number of aliphatic hydroxyl groups excluding tert-OH is 1. The Hall–Kier alpha value is -1.64. The summed E-state index contributed by atoms with van der Waals surface area (Å²) in [7, 11) is 0. The number of thioether (sulfide) groups is 1. The summed E-state index contributed by atoms with van der Waals surface area (Å²) in [6.45, 7) is -0.632. The lowest BCUT2D eigenvalue weighted by Crippen LogP contribution is -2.44. The van der Waals surface area contributed by atoms with Crippen molar-refractivity contribution in [1.29, 1.82) is 0 Å². The van der Waals surface area contributed by atoms with Crippen LogP contribution in [0, 0.1) is 0 Å². The monoisotopic (exact) mass is 312 g/mol. The number of carbonyl (C=O) groups excluding carboxylic acids is 1. The molecule has 2 aromatic rings. The number of fused-ring (bicyclic) bond motifs is 1. The summed E-state index contributed by atoms with van der Waals surface area (Å²) >= 11 is 2.72. The lowest BCUT2D eigenvalue weighted by atomic mass is 10.3. The number of hydrogen-bond donors (Lipinski definition) is 3. The van der Waals surface area contributed by atoms with Gasteiger partial charge in [0.25, 0.3) is 0 Å². The van der Waals surface area contributed by atoms with Crippen molar-refractivity contribution in [3.63, 3.8) is 0 Å². The number of aliphatic carboxylic acids is 1. The van der Waals surface area contributed by atoms with E-state index in [1.54, 1.807) is 0 Å². The van der Waals surface area contributed by atoms with Gasteiger partial charge in [0.1, 0.15) is 6.04 Å². The van der Waals surface area contributed by atoms with Gasteiger partial charge in [0.2, 0.25) is 5.91 Å². The van der Waals surface area contributed by atoms with E-state index in [1.165, 1.54) is 23.1 Å². The zero-order valence-electron chi connectivity index (χ0n) is 10.3. The molecule has 0 fully saturated rings. The lowest BCUT2D eigenvalue weighted by Gasteiger charge is -2.10. The number of amides is 1. The molecule has 0 bridgehead atoms. The summed E-state index contributed by atoms with van der Waals surface area (Å²) in [5.41, 5.74) is 0.874. The van der Waals surface area contributed by atoms with E-state index in [-0.39, 0.29) is 5.75 Å². The third-order valence-electron chi connectivity index (χ3n) is 2.42. The SMILES string of the molecule is O=C(CSc1nc2ccccc2s1)N[C@H](CO)C(=O)O. The fraction of sp³-hybridized carbons (Fsp3) is 0.250. The van der Waals surface area contributed by atoms with Crippen LogP contribution in [0.2, 0.25) is 0 Å². The Kier molecular flexibility index (Phi) is 4.94. The smallest absolute Gasteiger partial charge is 0.328 e. The molecular formula is C12H12N2O4S2. The van der Waals surface area contributed by atoms with Gasteiger partial charge >= 0.3 is 5.97 Å². The van der Waals surface area contributed by atoms with Gasteiger partial charge in [0, 0.05) is 0 Å². The van der Waals surface area contributed by atoms with Crippen molar-refractivity contribution in [3.05, 3.63) is 24.3 Å². The van der Waals surface area contributed by atoms with Crippen molar-refractivity contribution in [2.24, 2.45) is 0 Å². The van der Waals surface area contributed by atoms with Crippen LogP contribution in [0.4, 0.5) is 0 Å². The van der Waals surface area contributed by atoms with Crippen LogP contribution in [0.25, 0.3) is 10.2 Å². The van der Waals surface area contributed by atoms with Gasteiger partial charge < -0.3 is 15.5 Å². The number of para-hydroxylation sites is 1. The minimum atomic E-state index is -1.27. The van der Waals surface area contributed by atoms with Gasteiger partial charge in [0.15, 0.2) is 4.34 Å². The van der Waals surface area contributed by atoms with Gasteiger partial charge in [0.05, 0.1) is 22.6 Å². The molecule has 106 valence electrons. The number of nitrogens with one attached hydrogen (secondary N) is 1. The fourth-order valence-corrected chi connectivity index (χ4v) is 3.34. The van der Waals surface area contributed by atoms with E-state index in [9.17, 15) is 9.59 Å². The van der Waals surface area contributed by atoms with Crippen LogP contribution in [-0.4, -0.2) is 45.5 Å². The molecule has 0 unspecified atom stereocenters. The second-order valence-corrected chi connectivity index (χ2v) is 6.13. The second-order valence-electron chi connectivity index (χ2n) is 3.88. The number of aromatic nitrogens is 1. The maximum absolute atomic E-state index is 11.6. The maximum atomic E-state index is 11.6. The van der Waals surface area contributed by atoms with Gasteiger partial charge in [-0.3, -0.25) is 4.79 Å². The molecule has 20 heavy (non-hydrogen) atoms. The molecule has 0 aliphatic carbocycles. The van der Waals surface area contributed by atoms with Crippen LogP contribution in [0.1, 0.15) is 0 Å². The van der Waals surface area contributed by atoms with Crippen molar-refractivity contribution in [2.75, 3.05) is 12.4 Å². The maximum Gasteiger partial charge on any atom is 0.328 e. The van der Waals surface area contributed by atoms with Gasteiger partial charge in [-0.15, -0.1) is 11.3 Å². The molecule has 8 heteroatoms. The zero-order chi connectivity index (χ0) is 14.5. The van der Waals surface area contributed by atoms with E-state index < -0.39 is 24.5 Å². The minimum absolute atomic E-state index is 0.0591. The largest absolute Gasteiger partial charge is 0.480 e. The van der Waals surface area contributed by atoms with E-state index in [0.717, 1.165) is 14.6 Å². The summed E-state index contributed by atoms with van der Waals surface area (Å²) in [5.74, 6) is -1.65. The van der Waals surface area contributed by atoms with Crippen molar-refractivity contribution in [3.8, 4) is 0 Å². The van der Waals surface area contributed by atoms with Crippen LogP contribution in [0.5, 0.6) is 0 Å². The fourth-order valence-electron chi connectivity index (χ4n) is 1.46. The van der Waals surface area contributed by atoms with Crippen LogP contribution >= 0.6 is 23.1 Å².